The Morgan fingerprint density at radius 1 is 1.19 bits per heavy atom. The Morgan fingerprint density at radius 3 is 2.86 bits per heavy atom. The molecule has 0 radical (unpaired) electrons. The summed E-state index contributed by atoms with van der Waals surface area (Å²) in [4.78, 5) is 4.77. The molecule has 1 aromatic carbocycles. The zero-order valence-corrected chi connectivity index (χ0v) is 13.3. The molecule has 1 aliphatic carbocycles. The molecule has 1 heterocycles. The van der Waals surface area contributed by atoms with E-state index in [1.165, 1.54) is 44.0 Å². The summed E-state index contributed by atoms with van der Waals surface area (Å²) in [6.45, 7) is 5.52. The lowest BCUT2D eigenvalue weighted by Gasteiger charge is -2.29. The van der Waals surface area contributed by atoms with Crippen molar-refractivity contribution >= 4 is 11.0 Å². The first kappa shape index (κ1) is 14.6. The van der Waals surface area contributed by atoms with Crippen molar-refractivity contribution in [2.24, 2.45) is 0 Å². The van der Waals surface area contributed by atoms with Gasteiger partial charge < -0.3 is 9.88 Å². The van der Waals surface area contributed by atoms with Crippen molar-refractivity contribution in [2.75, 3.05) is 6.54 Å². The quantitative estimate of drug-likeness (QED) is 0.852. The van der Waals surface area contributed by atoms with E-state index in [1.54, 1.807) is 0 Å². The van der Waals surface area contributed by atoms with Crippen LogP contribution in [0.4, 0.5) is 0 Å². The Bertz CT molecular complexity index is 587. The van der Waals surface area contributed by atoms with E-state index in [0.717, 1.165) is 17.9 Å². The van der Waals surface area contributed by atoms with Crippen molar-refractivity contribution in [2.45, 2.75) is 64.5 Å². The van der Waals surface area contributed by atoms with Gasteiger partial charge in [0.05, 0.1) is 17.1 Å². The Balaban J connectivity index is 1.98. The number of aryl methyl sites for hydroxylation is 1. The second kappa shape index (κ2) is 6.61. The van der Waals surface area contributed by atoms with Gasteiger partial charge in [0.15, 0.2) is 0 Å². The third kappa shape index (κ3) is 2.98. The van der Waals surface area contributed by atoms with Crippen LogP contribution in [-0.2, 0) is 0 Å². The standard InChI is InChI=1S/C18H27N3/c1-3-13-19-15-9-5-4-6-11-17(15)21-14(2)20-16-10-7-8-12-18(16)21/h7-8,10,12,15,17,19H,3-6,9,11,13H2,1-2H3. The van der Waals surface area contributed by atoms with Crippen LogP contribution in [0.3, 0.4) is 0 Å². The Hall–Kier alpha value is -1.35. The highest BCUT2D eigenvalue weighted by atomic mass is 15.1. The van der Waals surface area contributed by atoms with Gasteiger partial charge in [-0.05, 0) is 44.9 Å². The summed E-state index contributed by atoms with van der Waals surface area (Å²) in [5.74, 6) is 1.16. The van der Waals surface area contributed by atoms with E-state index < -0.39 is 0 Å². The largest absolute Gasteiger partial charge is 0.324 e. The molecule has 3 rings (SSSR count). The van der Waals surface area contributed by atoms with Crippen LogP contribution >= 0.6 is 0 Å². The van der Waals surface area contributed by atoms with E-state index in [1.807, 2.05) is 0 Å². The molecular weight excluding hydrogens is 258 g/mol. The summed E-state index contributed by atoms with van der Waals surface area (Å²) < 4.78 is 2.49. The van der Waals surface area contributed by atoms with Crippen LogP contribution in [0.15, 0.2) is 24.3 Å². The summed E-state index contributed by atoms with van der Waals surface area (Å²) in [5.41, 5.74) is 2.43. The molecule has 1 fully saturated rings. The van der Waals surface area contributed by atoms with Gasteiger partial charge in [-0.1, -0.05) is 38.3 Å². The van der Waals surface area contributed by atoms with E-state index >= 15 is 0 Å². The van der Waals surface area contributed by atoms with Crippen LogP contribution < -0.4 is 5.32 Å². The van der Waals surface area contributed by atoms with Gasteiger partial charge in [0, 0.05) is 6.04 Å². The fourth-order valence-corrected chi connectivity index (χ4v) is 3.75. The van der Waals surface area contributed by atoms with E-state index in [4.69, 9.17) is 4.98 Å². The molecule has 3 heteroatoms. The third-order valence-corrected chi connectivity index (χ3v) is 4.74. The number of hydrogen-bond donors (Lipinski definition) is 1. The number of nitrogens with zero attached hydrogens (tertiary/aromatic N) is 2. The molecule has 0 aliphatic heterocycles. The lowest BCUT2D eigenvalue weighted by Crippen LogP contribution is -2.37. The minimum atomic E-state index is 0.548. The maximum Gasteiger partial charge on any atom is 0.107 e. The highest BCUT2D eigenvalue weighted by Crippen LogP contribution is 2.31. The third-order valence-electron chi connectivity index (χ3n) is 4.74. The van der Waals surface area contributed by atoms with Gasteiger partial charge in [0.2, 0.25) is 0 Å². The van der Waals surface area contributed by atoms with E-state index in [2.05, 4.69) is 48.0 Å². The van der Waals surface area contributed by atoms with E-state index in [9.17, 15) is 0 Å². The fraction of sp³-hybridized carbons (Fsp3) is 0.611. The number of aromatic nitrogens is 2. The maximum absolute atomic E-state index is 4.77. The molecule has 0 saturated heterocycles. The highest BCUT2D eigenvalue weighted by Gasteiger charge is 2.27. The summed E-state index contributed by atoms with van der Waals surface area (Å²) >= 11 is 0. The van der Waals surface area contributed by atoms with Crippen LogP contribution in [0.5, 0.6) is 0 Å². The van der Waals surface area contributed by atoms with Crippen LogP contribution in [0.2, 0.25) is 0 Å². The molecule has 1 aromatic heterocycles. The Labute approximate surface area is 127 Å². The highest BCUT2D eigenvalue weighted by molar-refractivity contribution is 5.76. The lowest BCUT2D eigenvalue weighted by molar-refractivity contribution is 0.332. The molecule has 2 atom stereocenters. The van der Waals surface area contributed by atoms with Gasteiger partial charge in [0.25, 0.3) is 0 Å². The van der Waals surface area contributed by atoms with Crippen molar-refractivity contribution < 1.29 is 0 Å². The number of imidazole rings is 1. The van der Waals surface area contributed by atoms with Gasteiger partial charge in [-0.2, -0.15) is 0 Å². The first-order chi connectivity index (χ1) is 10.3. The fourth-order valence-electron chi connectivity index (χ4n) is 3.75. The first-order valence-corrected chi connectivity index (χ1v) is 8.48. The average molecular weight is 285 g/mol. The Morgan fingerprint density at radius 2 is 2.00 bits per heavy atom. The van der Waals surface area contributed by atoms with Crippen LogP contribution in [-0.4, -0.2) is 22.1 Å². The zero-order chi connectivity index (χ0) is 14.7. The van der Waals surface area contributed by atoms with Crippen molar-refractivity contribution in [1.82, 2.24) is 14.9 Å². The molecule has 0 bridgehead atoms. The monoisotopic (exact) mass is 285 g/mol. The normalized spacial score (nSPS) is 23.3. The number of para-hydroxylation sites is 2. The molecule has 1 N–H and O–H groups in total. The molecule has 0 amide bonds. The number of hydrogen-bond acceptors (Lipinski definition) is 2. The SMILES string of the molecule is CCCNC1CCCCCC1n1c(C)nc2ccccc21. The van der Waals surface area contributed by atoms with Gasteiger partial charge >= 0.3 is 0 Å². The van der Waals surface area contributed by atoms with Gasteiger partial charge in [-0.3, -0.25) is 0 Å². The van der Waals surface area contributed by atoms with Crippen LogP contribution in [0, 0.1) is 6.92 Å². The van der Waals surface area contributed by atoms with Crippen molar-refractivity contribution in [1.29, 1.82) is 0 Å². The molecule has 1 saturated carbocycles. The number of rotatable bonds is 4. The average Bonchev–Trinajstić information content (AvgIpc) is 2.67. The van der Waals surface area contributed by atoms with Crippen molar-refractivity contribution in [3.63, 3.8) is 0 Å². The predicted octanol–water partition coefficient (Wildman–Crippen LogP) is 4.22. The zero-order valence-electron chi connectivity index (χ0n) is 13.3. The van der Waals surface area contributed by atoms with Gasteiger partial charge in [0.1, 0.15) is 5.82 Å². The second-order valence-electron chi connectivity index (χ2n) is 6.28. The molecule has 114 valence electrons. The van der Waals surface area contributed by atoms with Crippen LogP contribution in [0.1, 0.15) is 57.3 Å². The predicted molar refractivity (Wildman–Crippen MR) is 88.7 cm³/mol. The molecule has 1 aliphatic rings. The second-order valence-corrected chi connectivity index (χ2v) is 6.28. The minimum Gasteiger partial charge on any atom is -0.324 e. The Kier molecular flexibility index (Phi) is 4.59. The first-order valence-electron chi connectivity index (χ1n) is 8.48. The smallest absolute Gasteiger partial charge is 0.107 e. The number of fused-ring (bicyclic) bond motifs is 1. The van der Waals surface area contributed by atoms with Gasteiger partial charge in [-0.25, -0.2) is 4.98 Å². The molecular formula is C18H27N3. The minimum absolute atomic E-state index is 0.548. The number of nitrogens with one attached hydrogen (secondary N) is 1. The summed E-state index contributed by atoms with van der Waals surface area (Å²) in [6, 6.07) is 9.70. The summed E-state index contributed by atoms with van der Waals surface area (Å²) in [6.07, 6.45) is 7.81. The topological polar surface area (TPSA) is 29.9 Å². The van der Waals surface area contributed by atoms with Crippen LogP contribution in [0.25, 0.3) is 11.0 Å². The molecule has 21 heavy (non-hydrogen) atoms. The molecule has 2 unspecified atom stereocenters. The molecule has 2 aromatic rings. The lowest BCUT2D eigenvalue weighted by atomic mass is 10.0. The van der Waals surface area contributed by atoms with Gasteiger partial charge in [-0.15, -0.1) is 0 Å². The van der Waals surface area contributed by atoms with Crippen molar-refractivity contribution in [3.8, 4) is 0 Å². The molecule has 0 spiro atoms. The van der Waals surface area contributed by atoms with Crippen molar-refractivity contribution in [3.05, 3.63) is 30.1 Å². The molecule has 3 nitrogen and oxygen atoms in total. The number of benzene rings is 1. The van der Waals surface area contributed by atoms with E-state index in [0.29, 0.717) is 12.1 Å². The summed E-state index contributed by atoms with van der Waals surface area (Å²) in [7, 11) is 0. The van der Waals surface area contributed by atoms with E-state index in [-0.39, 0.29) is 0 Å². The maximum atomic E-state index is 4.77. The summed E-state index contributed by atoms with van der Waals surface area (Å²) in [5, 5.41) is 3.79.